The van der Waals surface area contributed by atoms with Gasteiger partial charge in [0.1, 0.15) is 11.4 Å². The minimum atomic E-state index is -2.98. The lowest BCUT2D eigenvalue weighted by Gasteiger charge is -2.39. The standard InChI is InChI=1S/C20H25F2NO4/c1-20(2,3)27-19(25)23-13-8-9-14(23)11-12(10-13)17(24)15-6-4-5-7-16(15)26-18(21)22/h4-7,12-14,18H,8-11H2,1-3H3. The molecule has 2 fully saturated rings. The predicted molar refractivity (Wildman–Crippen MR) is 95.0 cm³/mol. The topological polar surface area (TPSA) is 55.8 Å². The minimum absolute atomic E-state index is 0.0595. The summed E-state index contributed by atoms with van der Waals surface area (Å²) in [5.74, 6) is -0.616. The Morgan fingerprint density at radius 3 is 2.26 bits per heavy atom. The summed E-state index contributed by atoms with van der Waals surface area (Å²) in [5.41, 5.74) is -0.401. The number of fused-ring (bicyclic) bond motifs is 2. The molecule has 2 aliphatic rings. The number of halogens is 2. The largest absolute Gasteiger partial charge is 0.444 e. The molecule has 0 aromatic heterocycles. The molecule has 0 saturated carbocycles. The Kier molecular flexibility index (Phi) is 5.40. The van der Waals surface area contributed by atoms with Gasteiger partial charge in [-0.2, -0.15) is 8.78 Å². The number of ketones is 1. The summed E-state index contributed by atoms with van der Waals surface area (Å²) in [6, 6.07) is 5.97. The van der Waals surface area contributed by atoms with Crippen LogP contribution in [0.4, 0.5) is 13.6 Å². The van der Waals surface area contributed by atoms with Gasteiger partial charge in [0.15, 0.2) is 5.78 Å². The van der Waals surface area contributed by atoms with E-state index in [2.05, 4.69) is 4.74 Å². The SMILES string of the molecule is CC(C)(C)OC(=O)N1C2CCC1CC(C(=O)c1ccccc1OC(F)F)C2. The molecule has 2 saturated heterocycles. The van der Waals surface area contributed by atoms with Crippen LogP contribution in [0.3, 0.4) is 0 Å². The average molecular weight is 381 g/mol. The number of piperidine rings is 1. The normalized spacial score (nSPS) is 24.8. The van der Waals surface area contributed by atoms with E-state index in [4.69, 9.17) is 4.74 Å². The van der Waals surface area contributed by atoms with Crippen molar-refractivity contribution in [3.05, 3.63) is 29.8 Å². The number of benzene rings is 1. The zero-order valence-electron chi connectivity index (χ0n) is 15.8. The number of Topliss-reactive ketones (excluding diaryl/α,β-unsaturated/α-hetero) is 1. The van der Waals surface area contributed by atoms with Crippen LogP contribution in [0, 0.1) is 5.92 Å². The van der Waals surface area contributed by atoms with Gasteiger partial charge >= 0.3 is 12.7 Å². The Labute approximate surface area is 157 Å². The van der Waals surface area contributed by atoms with Crippen molar-refractivity contribution < 1.29 is 27.8 Å². The zero-order valence-corrected chi connectivity index (χ0v) is 15.8. The van der Waals surface area contributed by atoms with Gasteiger partial charge < -0.3 is 14.4 Å². The molecule has 2 aliphatic heterocycles. The van der Waals surface area contributed by atoms with Gasteiger partial charge in [-0.05, 0) is 58.6 Å². The predicted octanol–water partition coefficient (Wildman–Crippen LogP) is 4.65. The molecule has 2 heterocycles. The van der Waals surface area contributed by atoms with Gasteiger partial charge in [0.2, 0.25) is 0 Å². The molecule has 1 aromatic carbocycles. The van der Waals surface area contributed by atoms with Crippen molar-refractivity contribution in [1.82, 2.24) is 4.90 Å². The lowest BCUT2D eigenvalue weighted by molar-refractivity contribution is -0.0502. The summed E-state index contributed by atoms with van der Waals surface area (Å²) in [6.07, 6.45) is 2.32. The molecule has 0 radical (unpaired) electrons. The van der Waals surface area contributed by atoms with Crippen LogP contribution in [0.2, 0.25) is 0 Å². The molecule has 0 spiro atoms. The Morgan fingerprint density at radius 2 is 1.70 bits per heavy atom. The molecule has 3 rings (SSSR count). The number of amides is 1. The number of para-hydroxylation sites is 1. The van der Waals surface area contributed by atoms with E-state index in [1.165, 1.54) is 12.1 Å². The number of ether oxygens (including phenoxy) is 2. The summed E-state index contributed by atoms with van der Waals surface area (Å²) in [7, 11) is 0. The van der Waals surface area contributed by atoms with Crippen LogP contribution >= 0.6 is 0 Å². The number of hydrogen-bond donors (Lipinski definition) is 0. The van der Waals surface area contributed by atoms with E-state index in [1.54, 1.807) is 17.0 Å². The molecule has 7 heteroatoms. The van der Waals surface area contributed by atoms with E-state index in [-0.39, 0.29) is 41.2 Å². The van der Waals surface area contributed by atoms with Crippen LogP contribution in [0.25, 0.3) is 0 Å². The Hall–Kier alpha value is -2.18. The average Bonchev–Trinajstić information content (AvgIpc) is 2.83. The first-order valence-electron chi connectivity index (χ1n) is 9.25. The third-order valence-corrected chi connectivity index (χ3v) is 5.08. The lowest BCUT2D eigenvalue weighted by Crippen LogP contribution is -2.49. The molecule has 2 unspecified atom stereocenters. The van der Waals surface area contributed by atoms with Crippen LogP contribution < -0.4 is 4.74 Å². The zero-order chi connectivity index (χ0) is 19.8. The maximum absolute atomic E-state index is 13.0. The minimum Gasteiger partial charge on any atom is -0.444 e. The van der Waals surface area contributed by atoms with Crippen LogP contribution in [0.15, 0.2) is 24.3 Å². The van der Waals surface area contributed by atoms with Gasteiger partial charge in [-0.1, -0.05) is 12.1 Å². The van der Waals surface area contributed by atoms with Crippen molar-refractivity contribution in [1.29, 1.82) is 0 Å². The van der Waals surface area contributed by atoms with Crippen molar-refractivity contribution in [3.63, 3.8) is 0 Å². The quantitative estimate of drug-likeness (QED) is 0.713. The molecule has 148 valence electrons. The number of alkyl halides is 2. The molecular weight excluding hydrogens is 356 g/mol. The fourth-order valence-electron chi connectivity index (χ4n) is 4.09. The third kappa shape index (κ3) is 4.39. The first-order valence-corrected chi connectivity index (χ1v) is 9.25. The molecule has 0 aliphatic carbocycles. The highest BCUT2D eigenvalue weighted by Crippen LogP contribution is 2.41. The van der Waals surface area contributed by atoms with Gasteiger partial charge in [0.25, 0.3) is 0 Å². The highest BCUT2D eigenvalue weighted by molar-refractivity contribution is 6.00. The molecule has 2 atom stereocenters. The lowest BCUT2D eigenvalue weighted by atomic mass is 9.84. The highest BCUT2D eigenvalue weighted by Gasteiger charge is 2.46. The van der Waals surface area contributed by atoms with E-state index in [9.17, 15) is 18.4 Å². The van der Waals surface area contributed by atoms with E-state index < -0.39 is 12.2 Å². The van der Waals surface area contributed by atoms with E-state index in [1.807, 2.05) is 20.8 Å². The summed E-state index contributed by atoms with van der Waals surface area (Å²) in [6.45, 7) is 2.49. The number of carbonyl (C=O) groups is 2. The molecular formula is C20H25F2NO4. The second kappa shape index (κ2) is 7.44. The number of nitrogens with zero attached hydrogens (tertiary/aromatic N) is 1. The molecule has 5 nitrogen and oxygen atoms in total. The molecule has 2 bridgehead atoms. The van der Waals surface area contributed by atoms with Crippen LogP contribution in [-0.2, 0) is 4.74 Å². The second-order valence-electron chi connectivity index (χ2n) is 8.18. The van der Waals surface area contributed by atoms with Gasteiger partial charge in [-0.3, -0.25) is 4.79 Å². The first-order chi connectivity index (χ1) is 12.7. The van der Waals surface area contributed by atoms with Crippen molar-refractivity contribution in [3.8, 4) is 5.75 Å². The maximum Gasteiger partial charge on any atom is 0.410 e. The fourth-order valence-corrected chi connectivity index (χ4v) is 4.09. The number of hydrogen-bond acceptors (Lipinski definition) is 4. The highest BCUT2D eigenvalue weighted by atomic mass is 19.3. The molecule has 1 amide bonds. The molecule has 0 N–H and O–H groups in total. The van der Waals surface area contributed by atoms with E-state index in [0.717, 1.165) is 12.8 Å². The van der Waals surface area contributed by atoms with Gasteiger partial charge in [0.05, 0.1) is 5.56 Å². The summed E-state index contributed by atoms with van der Waals surface area (Å²) >= 11 is 0. The monoisotopic (exact) mass is 381 g/mol. The molecule has 1 aromatic rings. The first kappa shape index (κ1) is 19.6. The summed E-state index contributed by atoms with van der Waals surface area (Å²) < 4.78 is 35.3. The molecule has 27 heavy (non-hydrogen) atoms. The maximum atomic E-state index is 13.0. The van der Waals surface area contributed by atoms with Crippen LogP contribution in [-0.4, -0.2) is 41.1 Å². The summed E-state index contributed by atoms with van der Waals surface area (Å²) in [4.78, 5) is 27.2. The Morgan fingerprint density at radius 1 is 1.11 bits per heavy atom. The Balaban J connectivity index is 1.73. The van der Waals surface area contributed by atoms with Crippen molar-refractivity contribution in [2.24, 2.45) is 5.92 Å². The van der Waals surface area contributed by atoms with Crippen molar-refractivity contribution in [2.45, 2.75) is 70.8 Å². The van der Waals surface area contributed by atoms with Crippen molar-refractivity contribution in [2.75, 3.05) is 0 Å². The number of rotatable bonds is 4. The summed E-state index contributed by atoms with van der Waals surface area (Å²) in [5, 5.41) is 0. The second-order valence-corrected chi connectivity index (χ2v) is 8.18. The van der Waals surface area contributed by atoms with Gasteiger partial charge in [-0.15, -0.1) is 0 Å². The number of carbonyl (C=O) groups excluding carboxylic acids is 2. The van der Waals surface area contributed by atoms with Crippen LogP contribution in [0.1, 0.15) is 56.8 Å². The fraction of sp³-hybridized carbons (Fsp3) is 0.600. The smallest absolute Gasteiger partial charge is 0.410 e. The van der Waals surface area contributed by atoms with Gasteiger partial charge in [0, 0.05) is 18.0 Å². The van der Waals surface area contributed by atoms with E-state index >= 15 is 0 Å². The Bertz CT molecular complexity index is 702. The van der Waals surface area contributed by atoms with E-state index in [0.29, 0.717) is 12.8 Å². The van der Waals surface area contributed by atoms with Gasteiger partial charge in [-0.25, -0.2) is 4.79 Å². The van der Waals surface area contributed by atoms with Crippen molar-refractivity contribution >= 4 is 11.9 Å². The van der Waals surface area contributed by atoms with Crippen LogP contribution in [0.5, 0.6) is 5.75 Å². The third-order valence-electron chi connectivity index (χ3n) is 5.08.